The highest BCUT2D eigenvalue weighted by molar-refractivity contribution is 5.96. The van der Waals surface area contributed by atoms with Crippen LogP contribution in [-0.4, -0.2) is 19.1 Å². The molecule has 1 aromatic heterocycles. The molecule has 0 amide bonds. The summed E-state index contributed by atoms with van der Waals surface area (Å²) in [4.78, 5) is 14.0. The molecule has 0 fully saturated rings. The lowest BCUT2D eigenvalue weighted by atomic mass is 10.1. The van der Waals surface area contributed by atoms with Gasteiger partial charge in [-0.15, -0.1) is 0 Å². The molecule has 0 aliphatic carbocycles. The van der Waals surface area contributed by atoms with E-state index < -0.39 is 5.97 Å². The average Bonchev–Trinajstić information content (AvgIpc) is 2.98. The molecule has 2 rings (SSSR count). The van der Waals surface area contributed by atoms with Gasteiger partial charge >= 0.3 is 5.97 Å². The zero-order valence-corrected chi connectivity index (χ0v) is 12.3. The van der Waals surface area contributed by atoms with Gasteiger partial charge in [0.25, 0.3) is 0 Å². The summed E-state index contributed by atoms with van der Waals surface area (Å²) in [6, 6.07) is 9.17. The summed E-state index contributed by atoms with van der Waals surface area (Å²) >= 11 is 0. The van der Waals surface area contributed by atoms with E-state index in [-0.39, 0.29) is 0 Å². The van der Waals surface area contributed by atoms with Crippen LogP contribution >= 0.6 is 0 Å². The summed E-state index contributed by atoms with van der Waals surface area (Å²) in [5, 5.41) is 0. The van der Waals surface area contributed by atoms with Crippen LogP contribution in [0.25, 0.3) is 0 Å². The van der Waals surface area contributed by atoms with Gasteiger partial charge in [0.05, 0.1) is 25.0 Å². The van der Waals surface area contributed by atoms with E-state index in [4.69, 9.17) is 14.9 Å². The smallest absolute Gasteiger partial charge is 0.340 e. The summed E-state index contributed by atoms with van der Waals surface area (Å²) < 4.78 is 10.4. The minimum Gasteiger partial charge on any atom is -0.467 e. The maximum absolute atomic E-state index is 11.9. The lowest BCUT2D eigenvalue weighted by Crippen LogP contribution is -2.22. The Morgan fingerprint density at radius 1 is 1.33 bits per heavy atom. The number of anilines is 2. The van der Waals surface area contributed by atoms with Crippen molar-refractivity contribution in [2.75, 3.05) is 23.8 Å². The van der Waals surface area contributed by atoms with Crippen molar-refractivity contribution in [2.24, 2.45) is 0 Å². The fourth-order valence-electron chi connectivity index (χ4n) is 2.10. The Hall–Kier alpha value is -2.43. The summed E-state index contributed by atoms with van der Waals surface area (Å²) in [5.41, 5.74) is 7.59. The van der Waals surface area contributed by atoms with Crippen LogP contribution in [0, 0.1) is 0 Å². The molecule has 1 aromatic carbocycles. The summed E-state index contributed by atoms with van der Waals surface area (Å²) in [6.45, 7) is 5.56. The number of nitrogen functional groups attached to an aromatic ring is 1. The minimum atomic E-state index is -0.397. The Morgan fingerprint density at radius 2 is 2.14 bits per heavy atom. The van der Waals surface area contributed by atoms with Gasteiger partial charge in [0.2, 0.25) is 0 Å². The molecule has 0 aliphatic heterocycles. The molecule has 0 atom stereocenters. The van der Waals surface area contributed by atoms with E-state index in [0.29, 0.717) is 24.4 Å². The van der Waals surface area contributed by atoms with Gasteiger partial charge in [-0.05, 0) is 44.2 Å². The number of furan rings is 1. The van der Waals surface area contributed by atoms with E-state index >= 15 is 0 Å². The number of esters is 1. The van der Waals surface area contributed by atoms with Crippen LogP contribution in [0.2, 0.25) is 0 Å². The maximum atomic E-state index is 11.9. The van der Waals surface area contributed by atoms with E-state index in [0.717, 1.165) is 18.0 Å². The van der Waals surface area contributed by atoms with Crippen LogP contribution in [0.1, 0.15) is 30.0 Å². The molecule has 5 nitrogen and oxygen atoms in total. The first-order valence-electron chi connectivity index (χ1n) is 6.99. The summed E-state index contributed by atoms with van der Waals surface area (Å²) in [5.74, 6) is 0.470. The van der Waals surface area contributed by atoms with Crippen molar-refractivity contribution in [2.45, 2.75) is 20.4 Å². The number of ether oxygens (including phenoxy) is 1. The Kier molecular flexibility index (Phi) is 4.87. The van der Waals surface area contributed by atoms with Crippen molar-refractivity contribution < 1.29 is 13.9 Å². The van der Waals surface area contributed by atoms with E-state index in [1.807, 2.05) is 25.1 Å². The predicted molar refractivity (Wildman–Crippen MR) is 82.2 cm³/mol. The molecule has 2 N–H and O–H groups in total. The average molecular weight is 288 g/mol. The topological polar surface area (TPSA) is 68.7 Å². The number of nitrogens with zero attached hydrogens (tertiary/aromatic N) is 1. The zero-order valence-electron chi connectivity index (χ0n) is 12.3. The lowest BCUT2D eigenvalue weighted by Gasteiger charge is -2.22. The molecule has 1 heterocycles. The molecule has 0 spiro atoms. The molecule has 0 unspecified atom stereocenters. The van der Waals surface area contributed by atoms with E-state index in [2.05, 4.69) is 4.90 Å². The van der Waals surface area contributed by atoms with Crippen LogP contribution in [0.3, 0.4) is 0 Å². The molecule has 0 radical (unpaired) electrons. The van der Waals surface area contributed by atoms with Crippen LogP contribution in [-0.2, 0) is 11.3 Å². The van der Waals surface area contributed by atoms with Gasteiger partial charge in [-0.2, -0.15) is 0 Å². The number of benzene rings is 1. The Balaban J connectivity index is 2.25. The SMILES string of the molecule is CCOC(=O)c1cc(N(CC)Cc2ccco2)ccc1N. The highest BCUT2D eigenvalue weighted by Crippen LogP contribution is 2.23. The van der Waals surface area contributed by atoms with E-state index in [1.165, 1.54) is 0 Å². The molecule has 0 saturated carbocycles. The number of carbonyl (C=O) groups excluding carboxylic acids is 1. The monoisotopic (exact) mass is 288 g/mol. The number of rotatable bonds is 6. The lowest BCUT2D eigenvalue weighted by molar-refractivity contribution is 0.0527. The van der Waals surface area contributed by atoms with Crippen LogP contribution in [0.4, 0.5) is 11.4 Å². The van der Waals surface area contributed by atoms with Crippen molar-refractivity contribution in [3.63, 3.8) is 0 Å². The second kappa shape index (κ2) is 6.83. The summed E-state index contributed by atoms with van der Waals surface area (Å²) in [6.07, 6.45) is 1.65. The minimum absolute atomic E-state index is 0.326. The third kappa shape index (κ3) is 3.56. The van der Waals surface area contributed by atoms with E-state index in [1.54, 1.807) is 25.3 Å². The number of nitrogens with two attached hydrogens (primary N) is 1. The van der Waals surface area contributed by atoms with Gasteiger partial charge in [-0.3, -0.25) is 0 Å². The van der Waals surface area contributed by atoms with Gasteiger partial charge < -0.3 is 19.8 Å². The third-order valence-electron chi connectivity index (χ3n) is 3.21. The van der Waals surface area contributed by atoms with Crippen LogP contribution in [0.5, 0.6) is 0 Å². The van der Waals surface area contributed by atoms with Gasteiger partial charge in [-0.25, -0.2) is 4.79 Å². The fourth-order valence-corrected chi connectivity index (χ4v) is 2.10. The van der Waals surface area contributed by atoms with Crippen molar-refractivity contribution >= 4 is 17.3 Å². The Bertz CT molecular complexity index is 594. The predicted octanol–water partition coefficient (Wildman–Crippen LogP) is 3.07. The Morgan fingerprint density at radius 3 is 2.76 bits per heavy atom. The molecule has 112 valence electrons. The highest BCUT2D eigenvalue weighted by Gasteiger charge is 2.14. The normalized spacial score (nSPS) is 10.4. The van der Waals surface area contributed by atoms with Crippen LogP contribution < -0.4 is 10.6 Å². The molecule has 0 saturated heterocycles. The number of hydrogen-bond donors (Lipinski definition) is 1. The molecule has 2 aromatic rings. The zero-order chi connectivity index (χ0) is 15.2. The Labute approximate surface area is 124 Å². The number of carbonyl (C=O) groups is 1. The largest absolute Gasteiger partial charge is 0.467 e. The molecule has 0 aliphatic rings. The first-order valence-corrected chi connectivity index (χ1v) is 6.99. The maximum Gasteiger partial charge on any atom is 0.340 e. The molecule has 0 bridgehead atoms. The first kappa shape index (κ1) is 15.0. The van der Waals surface area contributed by atoms with Crippen molar-refractivity contribution in [1.29, 1.82) is 0 Å². The first-order chi connectivity index (χ1) is 10.2. The standard InChI is InChI=1S/C16H20N2O3/c1-3-18(11-13-6-5-9-21-13)12-7-8-15(17)14(10-12)16(19)20-4-2/h5-10H,3-4,11,17H2,1-2H3. The van der Waals surface area contributed by atoms with Crippen LogP contribution in [0.15, 0.2) is 41.0 Å². The molecule has 21 heavy (non-hydrogen) atoms. The van der Waals surface area contributed by atoms with E-state index in [9.17, 15) is 4.79 Å². The quantitative estimate of drug-likeness (QED) is 0.653. The highest BCUT2D eigenvalue weighted by atomic mass is 16.5. The second-order valence-corrected chi connectivity index (χ2v) is 4.59. The van der Waals surface area contributed by atoms with Gasteiger partial charge in [0.15, 0.2) is 0 Å². The van der Waals surface area contributed by atoms with Gasteiger partial charge in [-0.1, -0.05) is 0 Å². The van der Waals surface area contributed by atoms with Gasteiger partial charge in [0, 0.05) is 17.9 Å². The molecular weight excluding hydrogens is 268 g/mol. The molecular formula is C16H20N2O3. The van der Waals surface area contributed by atoms with Crippen molar-refractivity contribution in [3.05, 3.63) is 47.9 Å². The third-order valence-corrected chi connectivity index (χ3v) is 3.21. The molecule has 5 heteroatoms. The van der Waals surface area contributed by atoms with Crippen molar-refractivity contribution in [3.8, 4) is 0 Å². The van der Waals surface area contributed by atoms with Crippen molar-refractivity contribution in [1.82, 2.24) is 0 Å². The fraction of sp³-hybridized carbons (Fsp3) is 0.312. The second-order valence-electron chi connectivity index (χ2n) is 4.59. The van der Waals surface area contributed by atoms with Gasteiger partial charge in [0.1, 0.15) is 5.76 Å². The number of hydrogen-bond acceptors (Lipinski definition) is 5. The summed E-state index contributed by atoms with van der Waals surface area (Å²) in [7, 11) is 0.